The third-order valence-electron chi connectivity index (χ3n) is 4.33. The van der Waals surface area contributed by atoms with Crippen LogP contribution >= 0.6 is 46.2 Å². The Morgan fingerprint density at radius 1 is 1.03 bits per heavy atom. The van der Waals surface area contributed by atoms with Crippen LogP contribution in [0.3, 0.4) is 0 Å². The molecular weight excluding hydrogens is 445 g/mol. The Balaban J connectivity index is 1.38. The summed E-state index contributed by atoms with van der Waals surface area (Å²) in [5, 5.41) is 9.21. The van der Waals surface area contributed by atoms with Gasteiger partial charge in [0.2, 0.25) is 0 Å². The van der Waals surface area contributed by atoms with Crippen LogP contribution in [0.25, 0.3) is 10.2 Å². The highest BCUT2D eigenvalue weighted by Gasteiger charge is 2.13. The average Bonchev–Trinajstić information content (AvgIpc) is 3.29. The van der Waals surface area contributed by atoms with Gasteiger partial charge in [-0.05, 0) is 37.1 Å². The molecule has 1 N–H and O–H groups in total. The first-order chi connectivity index (χ1) is 14.0. The van der Waals surface area contributed by atoms with Crippen LogP contribution in [-0.2, 0) is 11.5 Å². The summed E-state index contributed by atoms with van der Waals surface area (Å²) in [5.74, 6) is 2.90. The van der Waals surface area contributed by atoms with Gasteiger partial charge in [-0.15, -0.1) is 21.5 Å². The summed E-state index contributed by atoms with van der Waals surface area (Å²) in [6.45, 7) is 3.98. The Hall–Kier alpha value is -1.88. The first-order valence-electron chi connectivity index (χ1n) is 8.74. The minimum absolute atomic E-state index is 0.0690. The largest absolute Gasteiger partial charge is 0.497 e. The summed E-state index contributed by atoms with van der Waals surface area (Å²) in [4.78, 5) is 21.8. The van der Waals surface area contributed by atoms with Crippen molar-refractivity contribution in [2.75, 3.05) is 7.11 Å². The van der Waals surface area contributed by atoms with Crippen LogP contribution in [0.15, 0.2) is 37.7 Å². The monoisotopic (exact) mass is 462 g/mol. The van der Waals surface area contributed by atoms with Crippen molar-refractivity contribution >= 4 is 56.4 Å². The molecule has 4 aromatic rings. The van der Waals surface area contributed by atoms with Crippen LogP contribution in [0.1, 0.15) is 21.8 Å². The molecule has 0 saturated carbocycles. The number of thioether (sulfide) groups is 2. The fraction of sp³-hybridized carbons (Fsp3) is 0.263. The van der Waals surface area contributed by atoms with E-state index in [1.807, 2.05) is 26.0 Å². The number of aromatic nitrogens is 4. The normalized spacial score (nSPS) is 11.3. The molecule has 0 atom stereocenters. The Bertz CT molecular complexity index is 1200. The molecule has 29 heavy (non-hydrogen) atoms. The second-order valence-corrected chi connectivity index (χ2v) is 10.9. The summed E-state index contributed by atoms with van der Waals surface area (Å²) in [5.41, 5.74) is 2.15. The molecule has 6 nitrogen and oxygen atoms in total. The predicted octanol–water partition coefficient (Wildman–Crippen LogP) is 5.05. The second kappa shape index (κ2) is 8.86. The first kappa shape index (κ1) is 20.4. The summed E-state index contributed by atoms with van der Waals surface area (Å²) in [6, 6.07) is 8.01. The molecule has 0 aliphatic carbocycles. The van der Waals surface area contributed by atoms with Gasteiger partial charge >= 0.3 is 0 Å². The lowest BCUT2D eigenvalue weighted by atomic mass is 10.2. The van der Waals surface area contributed by atoms with Crippen molar-refractivity contribution in [2.45, 2.75) is 34.0 Å². The van der Waals surface area contributed by atoms with Crippen LogP contribution in [-0.4, -0.2) is 27.3 Å². The molecule has 0 amide bonds. The minimum atomic E-state index is -0.0690. The molecular formula is C19H18N4O2S4. The maximum atomic E-state index is 12.4. The first-order valence-corrected chi connectivity index (χ1v) is 12.3. The number of benzene rings is 1. The van der Waals surface area contributed by atoms with Gasteiger partial charge in [-0.1, -0.05) is 47.0 Å². The number of aryl methyl sites for hydroxylation is 2. The predicted molar refractivity (Wildman–Crippen MR) is 122 cm³/mol. The van der Waals surface area contributed by atoms with E-state index in [0.29, 0.717) is 17.0 Å². The number of ether oxygens (including phenoxy) is 1. The zero-order valence-electron chi connectivity index (χ0n) is 16.0. The van der Waals surface area contributed by atoms with Crippen molar-refractivity contribution in [1.29, 1.82) is 0 Å². The third kappa shape index (κ3) is 4.66. The van der Waals surface area contributed by atoms with Gasteiger partial charge in [0.25, 0.3) is 5.56 Å². The van der Waals surface area contributed by atoms with Crippen LogP contribution in [0.5, 0.6) is 5.75 Å². The highest BCUT2D eigenvalue weighted by molar-refractivity contribution is 8.02. The van der Waals surface area contributed by atoms with E-state index in [1.165, 1.54) is 17.3 Å². The van der Waals surface area contributed by atoms with Crippen molar-refractivity contribution in [2.24, 2.45) is 0 Å². The number of fused-ring (bicyclic) bond motifs is 1. The summed E-state index contributed by atoms with van der Waals surface area (Å²) in [6.07, 6.45) is 0. The van der Waals surface area contributed by atoms with Crippen molar-refractivity contribution in [1.82, 2.24) is 20.2 Å². The van der Waals surface area contributed by atoms with Crippen LogP contribution in [0.4, 0.5) is 0 Å². The number of methoxy groups -OCH3 is 1. The highest BCUT2D eigenvalue weighted by atomic mass is 32.2. The van der Waals surface area contributed by atoms with Gasteiger partial charge in [0.05, 0.1) is 18.2 Å². The number of hydrogen-bond donors (Lipinski definition) is 1. The molecule has 3 aromatic heterocycles. The molecule has 3 heterocycles. The Kier molecular flexibility index (Phi) is 6.23. The molecule has 0 fully saturated rings. The van der Waals surface area contributed by atoms with E-state index in [1.54, 1.807) is 41.5 Å². The van der Waals surface area contributed by atoms with Gasteiger partial charge < -0.3 is 9.72 Å². The fourth-order valence-electron chi connectivity index (χ4n) is 2.68. The van der Waals surface area contributed by atoms with Gasteiger partial charge in [0, 0.05) is 10.6 Å². The van der Waals surface area contributed by atoms with Crippen LogP contribution in [0.2, 0.25) is 0 Å². The van der Waals surface area contributed by atoms with Gasteiger partial charge in [-0.3, -0.25) is 4.79 Å². The zero-order chi connectivity index (χ0) is 20.4. The molecule has 4 rings (SSSR count). The topological polar surface area (TPSA) is 80.8 Å². The van der Waals surface area contributed by atoms with Gasteiger partial charge in [0.1, 0.15) is 16.4 Å². The minimum Gasteiger partial charge on any atom is -0.497 e. The molecule has 1 aromatic carbocycles. The number of nitrogens with one attached hydrogen (secondary N) is 1. The SMILES string of the molecule is COc1ccc(CSc2nnc(SCc3nc4sc(C)c(C)c4c(=O)[nH]3)s2)cc1. The van der Waals surface area contributed by atoms with Crippen molar-refractivity contribution < 1.29 is 4.74 Å². The number of nitrogens with zero attached hydrogens (tertiary/aromatic N) is 3. The van der Waals surface area contributed by atoms with Crippen LogP contribution < -0.4 is 10.3 Å². The van der Waals surface area contributed by atoms with Crippen molar-refractivity contribution in [3.63, 3.8) is 0 Å². The van der Waals surface area contributed by atoms with E-state index in [4.69, 9.17) is 4.74 Å². The van der Waals surface area contributed by atoms with Crippen LogP contribution in [0, 0.1) is 13.8 Å². The molecule has 150 valence electrons. The molecule has 10 heteroatoms. The zero-order valence-corrected chi connectivity index (χ0v) is 19.3. The highest BCUT2D eigenvalue weighted by Crippen LogP contribution is 2.32. The Labute approximate surface area is 184 Å². The molecule has 0 radical (unpaired) electrons. The summed E-state index contributed by atoms with van der Waals surface area (Å²) < 4.78 is 6.97. The lowest BCUT2D eigenvalue weighted by Gasteiger charge is -2.01. The Morgan fingerprint density at radius 2 is 1.72 bits per heavy atom. The number of aromatic amines is 1. The van der Waals surface area contributed by atoms with E-state index in [0.717, 1.165) is 35.5 Å². The maximum Gasteiger partial charge on any atom is 0.259 e. The number of rotatable bonds is 7. The fourth-order valence-corrected chi connectivity index (χ4v) is 6.57. The molecule has 0 aliphatic heterocycles. The van der Waals surface area contributed by atoms with E-state index in [-0.39, 0.29) is 5.56 Å². The molecule has 0 spiro atoms. The number of H-pyrrole nitrogens is 1. The number of thiophene rings is 1. The molecule has 0 bridgehead atoms. The summed E-state index contributed by atoms with van der Waals surface area (Å²) in [7, 11) is 1.66. The third-order valence-corrected chi connectivity index (χ3v) is 8.70. The average molecular weight is 463 g/mol. The standard InChI is InChI=1S/C19H18N4O2S4/c1-10-11(2)28-17-15(10)16(24)20-14(21-17)9-27-19-23-22-18(29-19)26-8-12-4-6-13(25-3)7-5-12/h4-7H,8-9H2,1-3H3,(H,20,21,24). The van der Waals surface area contributed by atoms with Gasteiger partial charge in [-0.25, -0.2) is 4.98 Å². The van der Waals surface area contributed by atoms with E-state index < -0.39 is 0 Å². The quantitative estimate of drug-likeness (QED) is 0.385. The van der Waals surface area contributed by atoms with E-state index >= 15 is 0 Å². The smallest absolute Gasteiger partial charge is 0.259 e. The molecule has 0 saturated heterocycles. The van der Waals surface area contributed by atoms with E-state index in [9.17, 15) is 4.79 Å². The lowest BCUT2D eigenvalue weighted by molar-refractivity contribution is 0.414. The molecule has 0 aliphatic rings. The summed E-state index contributed by atoms with van der Waals surface area (Å²) >= 11 is 6.31. The van der Waals surface area contributed by atoms with Gasteiger partial charge in [-0.2, -0.15) is 0 Å². The Morgan fingerprint density at radius 3 is 2.41 bits per heavy atom. The molecule has 0 unspecified atom stereocenters. The van der Waals surface area contributed by atoms with Crippen molar-refractivity contribution in [3.05, 3.63) is 56.4 Å². The second-order valence-electron chi connectivity index (χ2n) is 6.24. The lowest BCUT2D eigenvalue weighted by Crippen LogP contribution is -2.10. The van der Waals surface area contributed by atoms with Crippen molar-refractivity contribution in [3.8, 4) is 5.75 Å². The van der Waals surface area contributed by atoms with Gasteiger partial charge in [0.15, 0.2) is 8.68 Å². The van der Waals surface area contributed by atoms with E-state index in [2.05, 4.69) is 32.3 Å². The maximum absolute atomic E-state index is 12.4. The number of hydrogen-bond acceptors (Lipinski definition) is 9.